The molecule has 1 amide bonds. The summed E-state index contributed by atoms with van der Waals surface area (Å²) in [5.41, 5.74) is 4.72. The molecular formula is C28H34N2O4. The quantitative estimate of drug-likeness (QED) is 0.585. The zero-order valence-electron chi connectivity index (χ0n) is 19.8. The number of likely N-dealkylation sites (tertiary alicyclic amines) is 1. The molecule has 34 heavy (non-hydrogen) atoms. The number of nitrogens with zero attached hydrogens (tertiary/aromatic N) is 2. The molecule has 180 valence electrons. The first-order valence-electron chi connectivity index (χ1n) is 12.7. The van der Waals surface area contributed by atoms with Gasteiger partial charge in [0.05, 0.1) is 12.0 Å². The second kappa shape index (κ2) is 9.42. The lowest BCUT2D eigenvalue weighted by Gasteiger charge is -2.52. The summed E-state index contributed by atoms with van der Waals surface area (Å²) in [5, 5.41) is 9.65. The van der Waals surface area contributed by atoms with Crippen molar-refractivity contribution < 1.29 is 19.4 Å². The van der Waals surface area contributed by atoms with Crippen LogP contribution in [0.25, 0.3) is 0 Å². The van der Waals surface area contributed by atoms with Crippen LogP contribution in [0.15, 0.2) is 58.0 Å². The number of dihydropyridines is 1. The van der Waals surface area contributed by atoms with Crippen molar-refractivity contribution in [2.75, 3.05) is 26.2 Å². The number of hydrogen-bond donors (Lipinski definition) is 1. The SMILES string of the molecule is O=C(O)C12CCC(C(=O)N3CCC[C@@H](COC4=CC=C(C5=CC=NCC5)C=C=C4)C3)(CC1)CC2. The van der Waals surface area contributed by atoms with Gasteiger partial charge in [-0.15, -0.1) is 5.73 Å². The Hall–Kier alpha value is -2.85. The van der Waals surface area contributed by atoms with Crippen molar-refractivity contribution in [3.63, 3.8) is 0 Å². The highest BCUT2D eigenvalue weighted by Crippen LogP contribution is 2.57. The number of carbonyl (C=O) groups excluding carboxylic acids is 1. The third-order valence-electron chi connectivity index (χ3n) is 8.60. The predicted molar refractivity (Wildman–Crippen MR) is 130 cm³/mol. The molecule has 6 aliphatic rings. The van der Waals surface area contributed by atoms with Crippen LogP contribution in [-0.2, 0) is 14.3 Å². The van der Waals surface area contributed by atoms with Crippen LogP contribution >= 0.6 is 0 Å². The minimum Gasteiger partial charge on any atom is -0.493 e. The van der Waals surface area contributed by atoms with Gasteiger partial charge in [0.25, 0.3) is 0 Å². The molecule has 0 radical (unpaired) electrons. The second-order valence-corrected chi connectivity index (χ2v) is 10.6. The normalized spacial score (nSPS) is 32.5. The van der Waals surface area contributed by atoms with Crippen molar-refractivity contribution >= 4 is 18.1 Å². The van der Waals surface area contributed by atoms with E-state index in [9.17, 15) is 14.7 Å². The van der Waals surface area contributed by atoms with E-state index < -0.39 is 11.4 Å². The van der Waals surface area contributed by atoms with Gasteiger partial charge in [0.15, 0.2) is 0 Å². The topological polar surface area (TPSA) is 79.2 Å². The van der Waals surface area contributed by atoms with E-state index in [0.717, 1.165) is 69.5 Å². The van der Waals surface area contributed by atoms with E-state index in [1.54, 1.807) is 0 Å². The van der Waals surface area contributed by atoms with Crippen molar-refractivity contribution in [3.05, 3.63) is 53.0 Å². The summed E-state index contributed by atoms with van der Waals surface area (Å²) in [6.07, 6.45) is 18.9. The fourth-order valence-electron chi connectivity index (χ4n) is 6.26. The molecule has 1 saturated heterocycles. The summed E-state index contributed by atoms with van der Waals surface area (Å²) in [6.45, 7) is 2.94. The molecule has 0 spiro atoms. The summed E-state index contributed by atoms with van der Waals surface area (Å²) in [5.74, 6) is 0.681. The zero-order chi connectivity index (χ0) is 23.6. The highest BCUT2D eigenvalue weighted by atomic mass is 16.5. The minimum atomic E-state index is -0.675. The monoisotopic (exact) mass is 462 g/mol. The van der Waals surface area contributed by atoms with E-state index in [-0.39, 0.29) is 11.3 Å². The third kappa shape index (κ3) is 4.44. The maximum Gasteiger partial charge on any atom is 0.309 e. The second-order valence-electron chi connectivity index (χ2n) is 10.6. The van der Waals surface area contributed by atoms with E-state index in [4.69, 9.17) is 4.74 Å². The number of piperidine rings is 1. The molecule has 3 saturated carbocycles. The van der Waals surface area contributed by atoms with Gasteiger partial charge in [-0.25, -0.2) is 0 Å². The number of aliphatic carboxylic acids is 1. The van der Waals surface area contributed by atoms with Gasteiger partial charge in [0.1, 0.15) is 5.76 Å². The lowest BCUT2D eigenvalue weighted by atomic mass is 9.53. The first kappa shape index (κ1) is 22.9. The first-order chi connectivity index (χ1) is 16.5. The Morgan fingerprint density at radius 1 is 1.09 bits per heavy atom. The maximum absolute atomic E-state index is 13.6. The van der Waals surface area contributed by atoms with Crippen LogP contribution in [0.1, 0.15) is 57.8 Å². The molecule has 6 nitrogen and oxygen atoms in total. The molecule has 4 aliphatic carbocycles. The highest BCUT2D eigenvalue weighted by Gasteiger charge is 2.56. The van der Waals surface area contributed by atoms with Crippen LogP contribution in [0.2, 0.25) is 0 Å². The number of rotatable bonds is 6. The number of carboxylic acids is 1. The lowest BCUT2D eigenvalue weighted by molar-refractivity contribution is -0.168. The Morgan fingerprint density at radius 2 is 1.85 bits per heavy atom. The molecule has 2 bridgehead atoms. The Bertz CT molecular complexity index is 1020. The predicted octanol–water partition coefficient (Wildman–Crippen LogP) is 4.60. The summed E-state index contributed by atoms with van der Waals surface area (Å²) in [6, 6.07) is 0. The van der Waals surface area contributed by atoms with Crippen LogP contribution in [0, 0.1) is 16.7 Å². The van der Waals surface area contributed by atoms with E-state index in [1.165, 1.54) is 5.57 Å². The molecule has 6 heteroatoms. The Kier molecular flexibility index (Phi) is 6.35. The Labute approximate surface area is 201 Å². The van der Waals surface area contributed by atoms with Gasteiger partial charge in [-0.1, -0.05) is 6.08 Å². The number of ether oxygens (including phenoxy) is 1. The van der Waals surface area contributed by atoms with Crippen molar-refractivity contribution in [1.29, 1.82) is 0 Å². The molecule has 4 fully saturated rings. The summed E-state index contributed by atoms with van der Waals surface area (Å²) in [4.78, 5) is 31.6. The fraction of sp³-hybridized carbons (Fsp3) is 0.571. The van der Waals surface area contributed by atoms with Gasteiger partial charge in [0, 0.05) is 43.3 Å². The standard InChI is InChI=1S/C28H34N2O4/c31-25(27-10-13-28(14-11-27,15-12-27)26(32)33)30-18-2-3-21(19-30)20-34-24-5-1-4-22(6-7-24)23-8-16-29-17-9-23/h4-8,16,21H,2-3,9-15,17-20H2,(H,32,33)/t21-,27?,28?/m1/s1. The number of carbonyl (C=O) groups is 2. The van der Waals surface area contributed by atoms with Crippen molar-refractivity contribution in [1.82, 2.24) is 4.90 Å². The average molecular weight is 463 g/mol. The highest BCUT2D eigenvalue weighted by molar-refractivity contribution is 5.85. The number of fused-ring (bicyclic) bond motifs is 3. The molecule has 2 heterocycles. The summed E-state index contributed by atoms with van der Waals surface area (Å²) < 4.78 is 6.14. The molecule has 6 rings (SSSR count). The van der Waals surface area contributed by atoms with Gasteiger partial charge in [0.2, 0.25) is 5.91 Å². The van der Waals surface area contributed by atoms with Crippen LogP contribution in [0.5, 0.6) is 0 Å². The number of amides is 1. The van der Waals surface area contributed by atoms with E-state index >= 15 is 0 Å². The van der Waals surface area contributed by atoms with E-state index in [2.05, 4.69) is 22.9 Å². The third-order valence-corrected chi connectivity index (χ3v) is 8.60. The van der Waals surface area contributed by atoms with Crippen molar-refractivity contribution in [2.45, 2.75) is 57.8 Å². The average Bonchev–Trinajstić information content (AvgIpc) is 3.14. The van der Waals surface area contributed by atoms with Gasteiger partial charge < -0.3 is 14.7 Å². The largest absolute Gasteiger partial charge is 0.493 e. The minimum absolute atomic E-state index is 0.254. The summed E-state index contributed by atoms with van der Waals surface area (Å²) in [7, 11) is 0. The Balaban J connectivity index is 1.17. The smallest absolute Gasteiger partial charge is 0.309 e. The number of hydrogen-bond acceptors (Lipinski definition) is 4. The molecule has 1 N–H and O–H groups in total. The van der Waals surface area contributed by atoms with Gasteiger partial charge >= 0.3 is 5.97 Å². The molecule has 0 aromatic heterocycles. The molecule has 1 atom stereocenters. The van der Waals surface area contributed by atoms with Crippen LogP contribution < -0.4 is 0 Å². The Morgan fingerprint density at radius 3 is 2.56 bits per heavy atom. The molecular weight excluding hydrogens is 428 g/mol. The van der Waals surface area contributed by atoms with Crippen LogP contribution in [0.4, 0.5) is 0 Å². The van der Waals surface area contributed by atoms with Gasteiger partial charge in [-0.3, -0.25) is 14.6 Å². The van der Waals surface area contributed by atoms with E-state index in [1.807, 2.05) is 29.3 Å². The van der Waals surface area contributed by atoms with Gasteiger partial charge in [-0.2, -0.15) is 0 Å². The van der Waals surface area contributed by atoms with Gasteiger partial charge in [-0.05, 0) is 87.2 Å². The zero-order valence-corrected chi connectivity index (χ0v) is 19.8. The molecule has 2 aliphatic heterocycles. The van der Waals surface area contributed by atoms with Crippen LogP contribution in [0.3, 0.4) is 0 Å². The molecule has 0 aromatic carbocycles. The van der Waals surface area contributed by atoms with Crippen LogP contribution in [-0.4, -0.2) is 54.3 Å². The van der Waals surface area contributed by atoms with Crippen molar-refractivity contribution in [2.24, 2.45) is 21.7 Å². The van der Waals surface area contributed by atoms with E-state index in [0.29, 0.717) is 31.8 Å². The number of allylic oxidation sites excluding steroid dienone is 5. The maximum atomic E-state index is 13.6. The number of carboxylic acid groups (broad SMARTS) is 1. The molecule has 0 aromatic rings. The first-order valence-corrected chi connectivity index (χ1v) is 12.7. The lowest BCUT2D eigenvalue weighted by Crippen LogP contribution is -2.55. The molecule has 0 unspecified atom stereocenters. The number of aliphatic imine (C=N–C) groups is 1. The summed E-state index contributed by atoms with van der Waals surface area (Å²) >= 11 is 0. The fourth-order valence-corrected chi connectivity index (χ4v) is 6.26. The van der Waals surface area contributed by atoms with Crippen molar-refractivity contribution in [3.8, 4) is 0 Å².